The number of nitrogens with zero attached hydrogens (tertiary/aromatic N) is 5. The number of aromatic nitrogens is 4. The van der Waals surface area contributed by atoms with Gasteiger partial charge in [0.15, 0.2) is 5.65 Å². The molecule has 13 heteroatoms. The van der Waals surface area contributed by atoms with Crippen molar-refractivity contribution in [3.8, 4) is 6.07 Å². The summed E-state index contributed by atoms with van der Waals surface area (Å²) in [5.41, 5.74) is 6.44. The van der Waals surface area contributed by atoms with Crippen molar-refractivity contribution in [1.29, 1.82) is 5.26 Å². The first kappa shape index (κ1) is 26.1. The Bertz CT molecular complexity index is 1360. The normalized spacial score (nSPS) is 23.6. The van der Waals surface area contributed by atoms with Crippen LogP contribution in [-0.2, 0) is 9.53 Å². The van der Waals surface area contributed by atoms with Crippen LogP contribution in [-0.4, -0.2) is 50.9 Å². The van der Waals surface area contributed by atoms with E-state index in [1.54, 1.807) is 0 Å². The highest BCUT2D eigenvalue weighted by Crippen LogP contribution is 2.39. The van der Waals surface area contributed by atoms with E-state index in [9.17, 15) is 13.6 Å². The summed E-state index contributed by atoms with van der Waals surface area (Å²) in [5, 5.41) is 15.2. The number of nitrogens with one attached hydrogen (secondary N) is 2. The Kier molecular flexibility index (Phi) is 7.58. The van der Waals surface area contributed by atoms with Gasteiger partial charge in [0.1, 0.15) is 17.5 Å². The van der Waals surface area contributed by atoms with Crippen molar-refractivity contribution in [1.82, 2.24) is 19.5 Å². The fourth-order valence-corrected chi connectivity index (χ4v) is 5.44. The highest BCUT2D eigenvalue weighted by atomic mass is 35.5. The van der Waals surface area contributed by atoms with E-state index in [2.05, 4.69) is 25.6 Å². The summed E-state index contributed by atoms with van der Waals surface area (Å²) in [6.07, 6.45) is 4.17. The molecule has 0 spiro atoms. The Hall–Kier alpha value is -3.56. The predicted octanol–water partition coefficient (Wildman–Crippen LogP) is 4.38. The molecule has 38 heavy (non-hydrogen) atoms. The second-order valence-electron chi connectivity index (χ2n) is 9.73. The summed E-state index contributed by atoms with van der Waals surface area (Å²) >= 11 is 6.30. The minimum Gasteiger partial charge on any atom is -0.378 e. The molecule has 3 heterocycles. The molecule has 1 aliphatic heterocycles. The van der Waals surface area contributed by atoms with Gasteiger partial charge in [0, 0.05) is 19.1 Å². The Morgan fingerprint density at radius 3 is 2.74 bits per heavy atom. The first-order valence-corrected chi connectivity index (χ1v) is 12.9. The van der Waals surface area contributed by atoms with Crippen LogP contribution >= 0.6 is 11.6 Å². The van der Waals surface area contributed by atoms with Crippen molar-refractivity contribution < 1.29 is 18.3 Å². The number of alkyl halides is 1. The van der Waals surface area contributed by atoms with E-state index < -0.39 is 18.0 Å². The van der Waals surface area contributed by atoms with E-state index in [4.69, 9.17) is 27.3 Å². The number of ether oxygens (including phenoxy) is 1. The van der Waals surface area contributed by atoms with Crippen molar-refractivity contribution in [3.63, 3.8) is 0 Å². The average Bonchev–Trinajstić information content (AvgIpc) is 3.25. The number of primary amides is 1. The third-order valence-corrected chi connectivity index (χ3v) is 7.41. The SMILES string of the molecule is N#Cc1cc(F)c(Nc2nc3cnc(N[C@H]4CCOC[C@H]4F)nc3n2[C@H]2CC[C@@H](CC(N)=O)CC2)c(Cl)c1. The average molecular weight is 545 g/mol. The van der Waals surface area contributed by atoms with Crippen LogP contribution in [0.1, 0.15) is 50.1 Å². The van der Waals surface area contributed by atoms with Gasteiger partial charge in [0.05, 0.1) is 41.2 Å². The molecule has 1 saturated carbocycles. The maximum atomic E-state index is 14.9. The van der Waals surface area contributed by atoms with Gasteiger partial charge in [-0.3, -0.25) is 9.36 Å². The number of nitrogens with two attached hydrogens (primary N) is 1. The second-order valence-corrected chi connectivity index (χ2v) is 10.1. The molecule has 2 fully saturated rings. The van der Waals surface area contributed by atoms with Gasteiger partial charge in [-0.1, -0.05) is 11.6 Å². The third-order valence-electron chi connectivity index (χ3n) is 7.11. The number of benzene rings is 1. The molecule has 4 N–H and O–H groups in total. The minimum absolute atomic E-state index is 0.0113. The van der Waals surface area contributed by atoms with E-state index in [0.29, 0.717) is 36.6 Å². The number of hydrogen-bond donors (Lipinski definition) is 3. The van der Waals surface area contributed by atoms with Crippen molar-refractivity contribution in [2.45, 2.75) is 56.8 Å². The lowest BCUT2D eigenvalue weighted by molar-refractivity contribution is -0.119. The minimum atomic E-state index is -1.19. The monoisotopic (exact) mass is 544 g/mol. The lowest BCUT2D eigenvalue weighted by Gasteiger charge is -2.30. The summed E-state index contributed by atoms with van der Waals surface area (Å²) in [7, 11) is 0. The van der Waals surface area contributed by atoms with Gasteiger partial charge in [-0.25, -0.2) is 18.7 Å². The zero-order chi connectivity index (χ0) is 26.8. The largest absolute Gasteiger partial charge is 0.378 e. The fraction of sp³-hybridized carbons (Fsp3) is 0.480. The number of carbonyl (C=O) groups is 1. The van der Waals surface area contributed by atoms with Gasteiger partial charge in [-0.05, 0) is 50.2 Å². The number of hydrogen-bond acceptors (Lipinski definition) is 8. The zero-order valence-corrected chi connectivity index (χ0v) is 21.2. The van der Waals surface area contributed by atoms with Gasteiger partial charge < -0.3 is 21.1 Å². The summed E-state index contributed by atoms with van der Waals surface area (Å²) < 4.78 is 36.3. The topological polar surface area (TPSA) is 144 Å². The van der Waals surface area contributed by atoms with E-state index in [-0.39, 0.29) is 46.7 Å². The Morgan fingerprint density at radius 1 is 1.26 bits per heavy atom. The first-order valence-electron chi connectivity index (χ1n) is 12.5. The molecular formula is C25H27ClF2N8O2. The summed E-state index contributed by atoms with van der Waals surface area (Å²) in [6.45, 7) is 0.454. The molecule has 0 bridgehead atoms. The molecule has 0 unspecified atom stereocenters. The summed E-state index contributed by atoms with van der Waals surface area (Å²) in [4.78, 5) is 25.0. The molecule has 2 aromatic heterocycles. The highest BCUT2D eigenvalue weighted by Gasteiger charge is 2.29. The Labute approximate surface area is 222 Å². The maximum Gasteiger partial charge on any atom is 0.225 e. The smallest absolute Gasteiger partial charge is 0.225 e. The van der Waals surface area contributed by atoms with Gasteiger partial charge in [0.25, 0.3) is 0 Å². The fourth-order valence-electron chi connectivity index (χ4n) is 5.19. The first-order chi connectivity index (χ1) is 18.3. The molecule has 10 nitrogen and oxygen atoms in total. The number of anilines is 3. The maximum absolute atomic E-state index is 14.9. The van der Waals surface area contributed by atoms with Gasteiger partial charge in [-0.2, -0.15) is 10.2 Å². The predicted molar refractivity (Wildman–Crippen MR) is 137 cm³/mol. The molecule has 1 aromatic carbocycles. The lowest BCUT2D eigenvalue weighted by Crippen LogP contribution is -2.39. The van der Waals surface area contributed by atoms with Crippen LogP contribution in [0.15, 0.2) is 18.3 Å². The number of nitriles is 1. The highest BCUT2D eigenvalue weighted by molar-refractivity contribution is 6.33. The van der Waals surface area contributed by atoms with E-state index in [1.165, 1.54) is 12.3 Å². The third kappa shape index (κ3) is 5.49. The lowest BCUT2D eigenvalue weighted by atomic mass is 9.84. The molecule has 1 saturated heterocycles. The summed E-state index contributed by atoms with van der Waals surface area (Å²) in [6, 6.07) is 3.80. The molecule has 200 valence electrons. The number of carbonyl (C=O) groups excluding carboxylic acids is 1. The van der Waals surface area contributed by atoms with Crippen molar-refractivity contribution in [2.24, 2.45) is 11.7 Å². The van der Waals surface area contributed by atoms with Crippen LogP contribution in [0.3, 0.4) is 0 Å². The zero-order valence-electron chi connectivity index (χ0n) is 20.5. The molecule has 2 atom stereocenters. The van der Waals surface area contributed by atoms with Crippen LogP contribution in [0.25, 0.3) is 11.2 Å². The quantitative estimate of drug-likeness (QED) is 0.397. The van der Waals surface area contributed by atoms with Crippen LogP contribution < -0.4 is 16.4 Å². The molecule has 1 aliphatic carbocycles. The molecule has 1 amide bonds. The molecule has 3 aromatic rings. The number of fused-ring (bicyclic) bond motifs is 1. The van der Waals surface area contributed by atoms with Gasteiger partial charge in [-0.15, -0.1) is 0 Å². The van der Waals surface area contributed by atoms with Crippen molar-refractivity contribution in [2.75, 3.05) is 23.8 Å². The van der Waals surface area contributed by atoms with E-state index >= 15 is 0 Å². The summed E-state index contributed by atoms with van der Waals surface area (Å²) in [5.74, 6) is -0.256. The van der Waals surface area contributed by atoms with E-state index in [1.807, 2.05) is 10.6 Å². The van der Waals surface area contributed by atoms with Gasteiger partial charge in [0.2, 0.25) is 17.8 Å². The Morgan fingerprint density at radius 2 is 2.05 bits per heavy atom. The van der Waals surface area contributed by atoms with Crippen molar-refractivity contribution in [3.05, 3.63) is 34.7 Å². The van der Waals surface area contributed by atoms with Crippen LogP contribution in [0.4, 0.5) is 26.4 Å². The number of halogens is 3. The van der Waals surface area contributed by atoms with E-state index in [0.717, 1.165) is 31.7 Å². The number of amides is 1. The van der Waals surface area contributed by atoms with Crippen LogP contribution in [0.5, 0.6) is 0 Å². The number of imidazole rings is 1. The number of rotatable bonds is 7. The van der Waals surface area contributed by atoms with Crippen molar-refractivity contribution >= 4 is 46.3 Å². The Balaban J connectivity index is 1.51. The second kappa shape index (κ2) is 11.0. The molecule has 5 rings (SSSR count). The van der Waals surface area contributed by atoms with Crippen LogP contribution in [0.2, 0.25) is 5.02 Å². The van der Waals surface area contributed by atoms with Gasteiger partial charge >= 0.3 is 0 Å². The molecule has 0 radical (unpaired) electrons. The standard InChI is InChI=1S/C25H27ClF2N8O2/c26-16-7-14(10-29)8-17(27)22(16)34-25-33-20-11-31-24(32-19-5-6-38-12-18(19)28)35-23(20)36(25)15-3-1-13(2-4-15)9-21(30)37/h7-8,11,13,15,18-19H,1-6,9,12H2,(H2,30,37)(H,33,34)(H,31,32,35)/t13-,15+,18-,19+/m1/s1. The molecular weight excluding hydrogens is 518 g/mol. The van der Waals surface area contributed by atoms with Crippen LogP contribution in [0, 0.1) is 23.1 Å². The molecule has 2 aliphatic rings.